The number of hydrogen-bond acceptors (Lipinski definition) is 5. The number of primary sulfonamides is 1. The van der Waals surface area contributed by atoms with E-state index in [0.717, 1.165) is 0 Å². The van der Waals surface area contributed by atoms with Crippen LogP contribution in [0.5, 0.6) is 0 Å². The fourth-order valence-electron chi connectivity index (χ4n) is 1.92. The van der Waals surface area contributed by atoms with Crippen molar-refractivity contribution in [3.05, 3.63) is 47.7 Å². The van der Waals surface area contributed by atoms with E-state index in [1.54, 1.807) is 38.4 Å². The summed E-state index contributed by atoms with van der Waals surface area (Å²) in [4.78, 5) is 13.1. The van der Waals surface area contributed by atoms with Crippen LogP contribution < -0.4 is 5.14 Å². The zero-order valence-electron chi connectivity index (χ0n) is 13.1. The molecule has 8 heteroatoms. The quantitative estimate of drug-likeness (QED) is 0.667. The number of likely N-dealkylation sites (N-methyl/N-ethyl adjacent to an activating group) is 1. The fourth-order valence-corrected chi connectivity index (χ4v) is 2.43. The molecule has 1 aromatic heterocycles. The Morgan fingerprint density at radius 1 is 1.21 bits per heavy atom. The van der Waals surface area contributed by atoms with E-state index in [-0.39, 0.29) is 10.5 Å². The van der Waals surface area contributed by atoms with E-state index in [1.807, 2.05) is 6.07 Å². The van der Waals surface area contributed by atoms with Gasteiger partial charge in [-0.3, -0.25) is 4.79 Å². The van der Waals surface area contributed by atoms with Gasteiger partial charge >= 0.3 is 0 Å². The van der Waals surface area contributed by atoms with Crippen LogP contribution in [0.15, 0.2) is 51.3 Å². The highest BCUT2D eigenvalue weighted by atomic mass is 32.2. The molecule has 2 N–H and O–H groups in total. The summed E-state index contributed by atoms with van der Waals surface area (Å²) in [6.45, 7) is 0. The van der Waals surface area contributed by atoms with Gasteiger partial charge in [-0.15, -0.1) is 0 Å². The molecule has 0 saturated carbocycles. The number of amides is 1. The molecule has 0 bridgehead atoms. The highest BCUT2D eigenvalue weighted by molar-refractivity contribution is 7.89. The minimum Gasteiger partial charge on any atom is -0.457 e. The van der Waals surface area contributed by atoms with Crippen molar-refractivity contribution in [1.29, 1.82) is 5.26 Å². The van der Waals surface area contributed by atoms with Gasteiger partial charge in [0.2, 0.25) is 10.0 Å². The maximum Gasteiger partial charge on any atom is 0.264 e. The third-order valence-electron chi connectivity index (χ3n) is 3.14. The Morgan fingerprint density at radius 3 is 2.33 bits per heavy atom. The molecule has 0 spiro atoms. The number of sulfonamides is 1. The van der Waals surface area contributed by atoms with Crippen LogP contribution in [0.2, 0.25) is 0 Å². The molecule has 1 amide bonds. The zero-order chi connectivity index (χ0) is 17.9. The van der Waals surface area contributed by atoms with Gasteiger partial charge in [0.1, 0.15) is 23.2 Å². The summed E-state index contributed by atoms with van der Waals surface area (Å²) < 4.78 is 28.1. The minimum atomic E-state index is -3.75. The second-order valence-electron chi connectivity index (χ2n) is 5.14. The van der Waals surface area contributed by atoms with Crippen molar-refractivity contribution in [2.45, 2.75) is 4.90 Å². The van der Waals surface area contributed by atoms with Gasteiger partial charge in [0, 0.05) is 25.7 Å². The molecule has 0 saturated heterocycles. The van der Waals surface area contributed by atoms with Crippen molar-refractivity contribution in [3.8, 4) is 17.4 Å². The van der Waals surface area contributed by atoms with Gasteiger partial charge in [0.05, 0.1) is 4.90 Å². The largest absolute Gasteiger partial charge is 0.457 e. The fraction of sp³-hybridized carbons (Fsp3) is 0.125. The molecule has 0 atom stereocenters. The molecular weight excluding hydrogens is 330 g/mol. The average Bonchev–Trinajstić information content (AvgIpc) is 2.99. The van der Waals surface area contributed by atoms with Crippen LogP contribution in [0.4, 0.5) is 0 Å². The maximum atomic E-state index is 11.8. The van der Waals surface area contributed by atoms with Gasteiger partial charge in [-0.25, -0.2) is 13.6 Å². The van der Waals surface area contributed by atoms with Gasteiger partial charge in [-0.2, -0.15) is 5.26 Å². The summed E-state index contributed by atoms with van der Waals surface area (Å²) >= 11 is 0. The highest BCUT2D eigenvalue weighted by Gasteiger charge is 2.13. The van der Waals surface area contributed by atoms with E-state index in [0.29, 0.717) is 17.1 Å². The van der Waals surface area contributed by atoms with Crippen molar-refractivity contribution < 1.29 is 17.6 Å². The summed E-state index contributed by atoms with van der Waals surface area (Å²) in [5.74, 6) is 0.386. The lowest BCUT2D eigenvalue weighted by atomic mass is 10.2. The average molecular weight is 345 g/mol. The Kier molecular flexibility index (Phi) is 4.87. The van der Waals surface area contributed by atoms with Gasteiger partial charge in [0.15, 0.2) is 0 Å². The van der Waals surface area contributed by atoms with Crippen LogP contribution >= 0.6 is 0 Å². The Morgan fingerprint density at radius 2 is 1.83 bits per heavy atom. The molecule has 1 heterocycles. The van der Waals surface area contributed by atoms with Crippen LogP contribution in [0.25, 0.3) is 17.4 Å². The smallest absolute Gasteiger partial charge is 0.264 e. The summed E-state index contributed by atoms with van der Waals surface area (Å²) in [5.41, 5.74) is 0.588. The van der Waals surface area contributed by atoms with Gasteiger partial charge in [0.25, 0.3) is 5.91 Å². The predicted molar refractivity (Wildman–Crippen MR) is 87.8 cm³/mol. The molecule has 2 rings (SSSR count). The number of benzene rings is 1. The Labute approximate surface area is 139 Å². The van der Waals surface area contributed by atoms with Crippen LogP contribution in [0.1, 0.15) is 5.76 Å². The molecule has 24 heavy (non-hydrogen) atoms. The topological polar surface area (TPSA) is 117 Å². The molecule has 0 aliphatic carbocycles. The van der Waals surface area contributed by atoms with Crippen LogP contribution in [-0.4, -0.2) is 33.3 Å². The molecule has 7 nitrogen and oxygen atoms in total. The number of furan rings is 1. The first-order valence-corrected chi connectivity index (χ1v) is 8.33. The Balaban J connectivity index is 2.31. The van der Waals surface area contributed by atoms with Crippen molar-refractivity contribution in [3.63, 3.8) is 0 Å². The number of nitriles is 1. The SMILES string of the molecule is CN(C)C(=O)/C(C#N)=C\c1ccc(-c2ccc(S(N)(=O)=O)cc2)o1. The van der Waals surface area contributed by atoms with Crippen LogP contribution in [-0.2, 0) is 14.8 Å². The molecule has 124 valence electrons. The molecule has 0 aliphatic rings. The molecule has 1 aromatic carbocycles. The standard InChI is InChI=1S/C16H15N3O4S/c1-19(2)16(20)12(10-17)9-13-5-8-15(23-13)11-3-6-14(7-4-11)24(18,21)22/h3-9H,1-2H3,(H2,18,21,22)/b12-9-. The van der Waals surface area contributed by atoms with Crippen molar-refractivity contribution >= 4 is 22.0 Å². The lowest BCUT2D eigenvalue weighted by molar-refractivity contribution is -0.124. The van der Waals surface area contributed by atoms with Crippen molar-refractivity contribution in [2.75, 3.05) is 14.1 Å². The second-order valence-corrected chi connectivity index (χ2v) is 6.70. The van der Waals surface area contributed by atoms with Crippen LogP contribution in [0.3, 0.4) is 0 Å². The van der Waals surface area contributed by atoms with E-state index in [1.165, 1.54) is 23.1 Å². The van der Waals surface area contributed by atoms with E-state index < -0.39 is 15.9 Å². The van der Waals surface area contributed by atoms with E-state index in [2.05, 4.69) is 0 Å². The summed E-state index contributed by atoms with van der Waals surface area (Å²) in [6.07, 6.45) is 1.35. The number of nitrogens with zero attached hydrogens (tertiary/aromatic N) is 2. The first-order chi connectivity index (χ1) is 11.2. The van der Waals surface area contributed by atoms with E-state index in [9.17, 15) is 13.2 Å². The van der Waals surface area contributed by atoms with Crippen molar-refractivity contribution in [1.82, 2.24) is 4.90 Å². The Bertz CT molecular complexity index is 932. The lowest BCUT2D eigenvalue weighted by Gasteiger charge is -2.07. The molecule has 2 aromatic rings. The number of hydrogen-bond donors (Lipinski definition) is 1. The predicted octanol–water partition coefficient (Wildman–Crippen LogP) is 1.59. The normalized spacial score (nSPS) is 11.8. The monoisotopic (exact) mass is 345 g/mol. The third kappa shape index (κ3) is 3.90. The summed E-state index contributed by atoms with van der Waals surface area (Å²) in [6, 6.07) is 11.0. The van der Waals surface area contributed by atoms with Gasteiger partial charge in [-0.1, -0.05) is 0 Å². The van der Waals surface area contributed by atoms with Crippen molar-refractivity contribution in [2.24, 2.45) is 5.14 Å². The highest BCUT2D eigenvalue weighted by Crippen LogP contribution is 2.24. The molecular formula is C16H15N3O4S. The molecule has 0 radical (unpaired) electrons. The van der Waals surface area contributed by atoms with E-state index in [4.69, 9.17) is 14.8 Å². The molecule has 0 unspecified atom stereocenters. The number of nitrogens with two attached hydrogens (primary N) is 1. The van der Waals surface area contributed by atoms with E-state index >= 15 is 0 Å². The lowest BCUT2D eigenvalue weighted by Crippen LogP contribution is -2.22. The summed E-state index contributed by atoms with van der Waals surface area (Å²) in [5, 5.41) is 14.1. The first-order valence-electron chi connectivity index (χ1n) is 6.79. The second kappa shape index (κ2) is 6.70. The maximum absolute atomic E-state index is 11.8. The number of carbonyl (C=O) groups is 1. The third-order valence-corrected chi connectivity index (χ3v) is 4.07. The molecule has 0 fully saturated rings. The zero-order valence-corrected chi connectivity index (χ0v) is 13.9. The summed E-state index contributed by atoms with van der Waals surface area (Å²) in [7, 11) is -0.652. The minimum absolute atomic E-state index is 0.00118. The van der Waals surface area contributed by atoms with Gasteiger partial charge in [-0.05, 0) is 36.4 Å². The Hall–Kier alpha value is -2.89. The number of rotatable bonds is 4. The van der Waals surface area contributed by atoms with Gasteiger partial charge < -0.3 is 9.32 Å². The first kappa shape index (κ1) is 17.5. The molecule has 0 aliphatic heterocycles. The number of carbonyl (C=O) groups excluding carboxylic acids is 1. The van der Waals surface area contributed by atoms with Crippen LogP contribution in [0, 0.1) is 11.3 Å².